The molecule has 0 saturated carbocycles. The van der Waals surface area contributed by atoms with Crippen molar-refractivity contribution in [3.63, 3.8) is 0 Å². The molecule has 0 aromatic heterocycles. The summed E-state index contributed by atoms with van der Waals surface area (Å²) < 4.78 is 26.3. The number of carboxylic acids is 1. The Kier molecular flexibility index (Phi) is 6.18. The van der Waals surface area contributed by atoms with Crippen LogP contribution in [0.1, 0.15) is 10.4 Å². The van der Waals surface area contributed by atoms with Gasteiger partial charge in [-0.1, -0.05) is 11.6 Å². The molecule has 6 nitrogen and oxygen atoms in total. The Hall–Kier alpha value is -0.670. The zero-order chi connectivity index (χ0) is 16.4. The summed E-state index contributed by atoms with van der Waals surface area (Å²) in [5, 5.41) is 9.04. The van der Waals surface area contributed by atoms with Gasteiger partial charge in [0, 0.05) is 24.6 Å². The second-order valence-electron chi connectivity index (χ2n) is 4.70. The van der Waals surface area contributed by atoms with Gasteiger partial charge in [-0.25, -0.2) is 13.2 Å². The van der Waals surface area contributed by atoms with Gasteiger partial charge < -0.3 is 10.0 Å². The van der Waals surface area contributed by atoms with Crippen LogP contribution in [0.2, 0.25) is 5.02 Å². The maximum absolute atomic E-state index is 12.4. The van der Waals surface area contributed by atoms with Crippen molar-refractivity contribution in [2.75, 3.05) is 34.2 Å². The van der Waals surface area contributed by atoms with Crippen LogP contribution in [0.4, 0.5) is 0 Å². The summed E-state index contributed by atoms with van der Waals surface area (Å²) in [5.41, 5.74) is -0.259. The van der Waals surface area contributed by atoms with Crippen molar-refractivity contribution in [3.05, 3.63) is 27.2 Å². The Labute approximate surface area is 137 Å². The molecule has 118 valence electrons. The van der Waals surface area contributed by atoms with Crippen LogP contribution in [0, 0.1) is 0 Å². The molecule has 0 atom stereocenters. The van der Waals surface area contributed by atoms with Crippen LogP contribution in [-0.4, -0.2) is 62.9 Å². The predicted octanol–water partition coefficient (Wildman–Crippen LogP) is 1.98. The molecule has 0 radical (unpaired) electrons. The minimum atomic E-state index is -3.78. The molecule has 1 aromatic rings. The van der Waals surface area contributed by atoms with Gasteiger partial charge in [-0.15, -0.1) is 0 Å². The van der Waals surface area contributed by atoms with E-state index in [1.807, 2.05) is 19.0 Å². The van der Waals surface area contributed by atoms with Crippen LogP contribution in [0.25, 0.3) is 0 Å². The summed E-state index contributed by atoms with van der Waals surface area (Å²) >= 11 is 8.93. The van der Waals surface area contributed by atoms with Gasteiger partial charge in [-0.05, 0) is 42.2 Å². The minimum absolute atomic E-state index is 0.0302. The van der Waals surface area contributed by atoms with Crippen molar-refractivity contribution in [1.29, 1.82) is 0 Å². The molecule has 0 aliphatic rings. The van der Waals surface area contributed by atoms with Gasteiger partial charge in [0.05, 0.1) is 15.5 Å². The molecule has 9 heteroatoms. The summed E-state index contributed by atoms with van der Waals surface area (Å²) in [6.07, 6.45) is 0. The standard InChI is InChI=1S/C12H16BrClN2O4S/c1-15(2)4-5-16(3)21(19,20)8-6-9(12(17)18)11(14)10(13)7-8/h6-7H,4-5H2,1-3H3,(H,17,18). The van der Waals surface area contributed by atoms with E-state index in [0.29, 0.717) is 6.54 Å². The van der Waals surface area contributed by atoms with Crippen molar-refractivity contribution in [2.24, 2.45) is 0 Å². The average molecular weight is 400 g/mol. The number of carbonyl (C=O) groups is 1. The summed E-state index contributed by atoms with van der Waals surface area (Å²) in [6.45, 7) is 0.842. The molecule has 0 fully saturated rings. The quantitative estimate of drug-likeness (QED) is 0.791. The normalized spacial score (nSPS) is 12.1. The summed E-state index contributed by atoms with van der Waals surface area (Å²) in [4.78, 5) is 12.9. The SMILES string of the molecule is CN(C)CCN(C)S(=O)(=O)c1cc(Br)c(Cl)c(C(=O)O)c1. The lowest BCUT2D eigenvalue weighted by Gasteiger charge is -2.20. The second-order valence-corrected chi connectivity index (χ2v) is 7.98. The maximum atomic E-state index is 12.4. The fraction of sp³-hybridized carbons (Fsp3) is 0.417. The molecule has 0 aliphatic carbocycles. The summed E-state index contributed by atoms with van der Waals surface area (Å²) in [6, 6.07) is 2.37. The molecule has 1 aromatic carbocycles. The molecule has 21 heavy (non-hydrogen) atoms. The van der Waals surface area contributed by atoms with E-state index < -0.39 is 16.0 Å². The van der Waals surface area contributed by atoms with Gasteiger partial charge in [-0.3, -0.25) is 0 Å². The number of halogens is 2. The number of rotatable bonds is 6. The van der Waals surface area contributed by atoms with Gasteiger partial charge >= 0.3 is 5.97 Å². The highest BCUT2D eigenvalue weighted by atomic mass is 79.9. The highest BCUT2D eigenvalue weighted by molar-refractivity contribution is 9.10. The van der Waals surface area contributed by atoms with Gasteiger partial charge in [0.25, 0.3) is 0 Å². The molecule has 1 N–H and O–H groups in total. The van der Waals surface area contributed by atoms with Crippen molar-refractivity contribution >= 4 is 43.5 Å². The van der Waals surface area contributed by atoms with Crippen LogP contribution in [0.15, 0.2) is 21.5 Å². The monoisotopic (exact) mass is 398 g/mol. The first-order valence-electron chi connectivity index (χ1n) is 5.90. The van der Waals surface area contributed by atoms with Crippen LogP contribution >= 0.6 is 27.5 Å². The molecule has 0 unspecified atom stereocenters. The van der Waals surface area contributed by atoms with Gasteiger partial charge in [-0.2, -0.15) is 4.31 Å². The van der Waals surface area contributed by atoms with Crippen molar-refractivity contribution in [1.82, 2.24) is 9.21 Å². The predicted molar refractivity (Wildman–Crippen MR) is 84.5 cm³/mol. The van der Waals surface area contributed by atoms with Crippen molar-refractivity contribution < 1.29 is 18.3 Å². The van der Waals surface area contributed by atoms with Gasteiger partial charge in [0.15, 0.2) is 0 Å². The fourth-order valence-corrected chi connectivity index (χ4v) is 3.53. The van der Waals surface area contributed by atoms with Crippen LogP contribution in [-0.2, 0) is 10.0 Å². The zero-order valence-corrected chi connectivity index (χ0v) is 15.0. The number of sulfonamides is 1. The number of carboxylic acid groups (broad SMARTS) is 1. The molecule has 0 saturated heterocycles. The Morgan fingerprint density at radius 2 is 1.86 bits per heavy atom. The third kappa shape index (κ3) is 4.40. The van der Waals surface area contributed by atoms with Gasteiger partial charge in [0.1, 0.15) is 0 Å². The minimum Gasteiger partial charge on any atom is -0.478 e. The maximum Gasteiger partial charge on any atom is 0.337 e. The Morgan fingerprint density at radius 3 is 2.33 bits per heavy atom. The molecule has 0 amide bonds. The first-order valence-corrected chi connectivity index (χ1v) is 8.52. The van der Waals surface area contributed by atoms with Crippen molar-refractivity contribution in [2.45, 2.75) is 4.90 Å². The summed E-state index contributed by atoms with van der Waals surface area (Å²) in [7, 11) is 1.34. The summed E-state index contributed by atoms with van der Waals surface area (Å²) in [5.74, 6) is -1.28. The molecule has 1 rings (SSSR count). The zero-order valence-electron chi connectivity index (χ0n) is 11.8. The van der Waals surface area contributed by atoms with Crippen LogP contribution in [0.3, 0.4) is 0 Å². The largest absolute Gasteiger partial charge is 0.478 e. The van der Waals surface area contributed by atoms with E-state index in [1.54, 1.807) is 0 Å². The van der Waals surface area contributed by atoms with E-state index >= 15 is 0 Å². The molecule has 0 aliphatic heterocycles. The number of aromatic carboxylic acids is 1. The van der Waals surface area contributed by atoms with E-state index in [9.17, 15) is 13.2 Å². The van der Waals surface area contributed by atoms with E-state index in [1.165, 1.54) is 17.4 Å². The molecule has 0 bridgehead atoms. The van der Waals surface area contributed by atoms with Crippen LogP contribution < -0.4 is 0 Å². The molecule has 0 heterocycles. The highest BCUT2D eigenvalue weighted by Gasteiger charge is 2.24. The first-order chi connectivity index (χ1) is 9.57. The fourth-order valence-electron chi connectivity index (χ4n) is 1.51. The van der Waals surface area contributed by atoms with E-state index in [-0.39, 0.29) is 26.5 Å². The average Bonchev–Trinajstić information content (AvgIpc) is 2.38. The molecule has 0 spiro atoms. The third-order valence-electron chi connectivity index (χ3n) is 2.80. The lowest BCUT2D eigenvalue weighted by molar-refractivity contribution is 0.0696. The molecular weight excluding hydrogens is 384 g/mol. The smallest absolute Gasteiger partial charge is 0.337 e. The number of nitrogens with zero attached hydrogens (tertiary/aromatic N) is 2. The van der Waals surface area contributed by atoms with E-state index in [0.717, 1.165) is 6.07 Å². The van der Waals surface area contributed by atoms with Crippen molar-refractivity contribution in [3.8, 4) is 0 Å². The molecular formula is C12H16BrClN2O4S. The Bertz CT molecular complexity index is 649. The number of benzene rings is 1. The van der Waals surface area contributed by atoms with Crippen LogP contribution in [0.5, 0.6) is 0 Å². The first kappa shape index (κ1) is 18.4. The topological polar surface area (TPSA) is 77.9 Å². The number of hydrogen-bond donors (Lipinski definition) is 1. The lowest BCUT2D eigenvalue weighted by Crippen LogP contribution is -2.33. The highest BCUT2D eigenvalue weighted by Crippen LogP contribution is 2.30. The Morgan fingerprint density at radius 1 is 1.29 bits per heavy atom. The third-order valence-corrected chi connectivity index (χ3v) is 5.90. The lowest BCUT2D eigenvalue weighted by atomic mass is 10.2. The van der Waals surface area contributed by atoms with E-state index in [2.05, 4.69) is 15.9 Å². The van der Waals surface area contributed by atoms with Gasteiger partial charge in [0.2, 0.25) is 10.0 Å². The number of likely N-dealkylation sites (N-methyl/N-ethyl adjacent to an activating group) is 2. The van der Waals surface area contributed by atoms with E-state index in [4.69, 9.17) is 16.7 Å². The number of hydrogen-bond acceptors (Lipinski definition) is 4. The second kappa shape index (κ2) is 7.06. The Balaban J connectivity index is 3.23.